The highest BCUT2D eigenvalue weighted by molar-refractivity contribution is 7.92. The lowest BCUT2D eigenvalue weighted by Gasteiger charge is -2.13. The molecule has 0 atom stereocenters. The second-order valence-corrected chi connectivity index (χ2v) is 8.64. The Bertz CT molecular complexity index is 1320. The van der Waals surface area contributed by atoms with Crippen LogP contribution in [0.4, 0.5) is 5.69 Å². The van der Waals surface area contributed by atoms with Crippen molar-refractivity contribution < 1.29 is 13.2 Å². The molecule has 0 spiro atoms. The summed E-state index contributed by atoms with van der Waals surface area (Å²) in [7, 11) is -2.35. The Balaban J connectivity index is 1.76. The quantitative estimate of drug-likeness (QED) is 0.497. The number of pyridine rings is 1. The molecular weight excluding hydrogens is 410 g/mol. The van der Waals surface area contributed by atoms with Crippen LogP contribution in [0.2, 0.25) is 5.02 Å². The Labute approximate surface area is 173 Å². The molecule has 0 saturated heterocycles. The molecule has 2 aromatic carbocycles. The lowest BCUT2D eigenvalue weighted by atomic mass is 10.1. The number of benzene rings is 2. The van der Waals surface area contributed by atoms with Crippen molar-refractivity contribution >= 4 is 33.0 Å². The number of hydrogen-bond acceptors (Lipinski definition) is 4. The van der Waals surface area contributed by atoms with Crippen LogP contribution in [0.3, 0.4) is 0 Å². The van der Waals surface area contributed by atoms with Crippen LogP contribution in [0.15, 0.2) is 71.9 Å². The van der Waals surface area contributed by atoms with E-state index in [9.17, 15) is 8.42 Å². The van der Waals surface area contributed by atoms with Gasteiger partial charge in [0.2, 0.25) is 0 Å². The molecule has 4 aromatic rings. The number of aryl methyl sites for hydroxylation is 1. The number of nitrogens with one attached hydrogen (secondary N) is 1. The third-order valence-electron chi connectivity index (χ3n) is 4.52. The molecule has 0 aliphatic carbocycles. The maximum Gasteiger partial charge on any atom is 0.262 e. The fourth-order valence-electron chi connectivity index (χ4n) is 3.08. The van der Waals surface area contributed by atoms with E-state index in [2.05, 4.69) is 9.71 Å². The van der Waals surface area contributed by atoms with E-state index in [1.165, 1.54) is 19.2 Å². The molecule has 0 aliphatic heterocycles. The van der Waals surface area contributed by atoms with Gasteiger partial charge in [0.1, 0.15) is 11.4 Å². The molecule has 6 nitrogen and oxygen atoms in total. The molecular formula is C21H18ClN3O3S. The summed E-state index contributed by atoms with van der Waals surface area (Å²) in [6.45, 7) is 1.99. The third kappa shape index (κ3) is 3.79. The van der Waals surface area contributed by atoms with Crippen LogP contribution in [0.5, 0.6) is 5.75 Å². The molecule has 4 rings (SSSR count). The van der Waals surface area contributed by atoms with E-state index in [0.29, 0.717) is 16.5 Å². The molecule has 2 aromatic heterocycles. The minimum absolute atomic E-state index is 0.0702. The van der Waals surface area contributed by atoms with Gasteiger partial charge in [-0.2, -0.15) is 0 Å². The number of rotatable bonds is 5. The summed E-state index contributed by atoms with van der Waals surface area (Å²) in [6.07, 6.45) is 3.82. The minimum atomic E-state index is -3.84. The zero-order valence-corrected chi connectivity index (χ0v) is 17.3. The standard InChI is InChI=1S/C21H18ClN3O3S/c1-14-5-4-10-25-13-19(23-21(14)25)15-8-9-20(28-2)18(11-15)24-29(26,27)17-7-3-6-16(22)12-17/h3-13,24H,1-2H3. The van der Waals surface area contributed by atoms with Gasteiger partial charge in [0, 0.05) is 23.0 Å². The molecule has 2 heterocycles. The molecule has 8 heteroatoms. The van der Waals surface area contributed by atoms with Gasteiger partial charge in [0.05, 0.1) is 23.4 Å². The number of methoxy groups -OCH3 is 1. The predicted molar refractivity (Wildman–Crippen MR) is 114 cm³/mol. The third-order valence-corrected chi connectivity index (χ3v) is 6.12. The summed E-state index contributed by atoms with van der Waals surface area (Å²) in [4.78, 5) is 4.74. The van der Waals surface area contributed by atoms with Crippen LogP contribution < -0.4 is 9.46 Å². The fourth-order valence-corrected chi connectivity index (χ4v) is 4.44. The Morgan fingerprint density at radius 1 is 1.10 bits per heavy atom. The molecule has 29 heavy (non-hydrogen) atoms. The zero-order valence-electron chi connectivity index (χ0n) is 15.8. The number of nitrogens with zero attached hydrogens (tertiary/aromatic N) is 2. The summed E-state index contributed by atoms with van der Waals surface area (Å²) >= 11 is 5.94. The predicted octanol–water partition coefficient (Wildman–Crippen LogP) is 4.77. The van der Waals surface area contributed by atoms with Crippen LogP contribution in [0.1, 0.15) is 5.56 Å². The number of fused-ring (bicyclic) bond motifs is 1. The van der Waals surface area contributed by atoms with E-state index in [0.717, 1.165) is 22.5 Å². The number of sulfonamides is 1. The number of imidazole rings is 1. The average Bonchev–Trinajstić information content (AvgIpc) is 3.13. The smallest absolute Gasteiger partial charge is 0.262 e. The molecule has 0 unspecified atom stereocenters. The fraction of sp³-hybridized carbons (Fsp3) is 0.0952. The second-order valence-electron chi connectivity index (χ2n) is 6.53. The molecule has 0 saturated carbocycles. The van der Waals surface area contributed by atoms with Gasteiger partial charge in [0.15, 0.2) is 0 Å². The zero-order chi connectivity index (χ0) is 20.6. The lowest BCUT2D eigenvalue weighted by Crippen LogP contribution is -2.13. The molecule has 148 valence electrons. The first kappa shape index (κ1) is 19.3. The number of halogens is 1. The first-order valence-corrected chi connectivity index (χ1v) is 10.6. The van der Waals surface area contributed by atoms with Gasteiger partial charge in [0.25, 0.3) is 10.0 Å². The van der Waals surface area contributed by atoms with Gasteiger partial charge in [-0.1, -0.05) is 23.7 Å². The van der Waals surface area contributed by atoms with Crippen LogP contribution >= 0.6 is 11.6 Å². The summed E-state index contributed by atoms with van der Waals surface area (Å²) in [5.74, 6) is 0.402. The Hall–Kier alpha value is -3.03. The van der Waals surface area contributed by atoms with Gasteiger partial charge in [-0.15, -0.1) is 0 Å². The number of aromatic nitrogens is 2. The number of anilines is 1. The van der Waals surface area contributed by atoms with Gasteiger partial charge >= 0.3 is 0 Å². The van der Waals surface area contributed by atoms with Crippen LogP contribution in [-0.2, 0) is 10.0 Å². The van der Waals surface area contributed by atoms with Crippen molar-refractivity contribution in [3.63, 3.8) is 0 Å². The largest absolute Gasteiger partial charge is 0.495 e. The molecule has 0 radical (unpaired) electrons. The monoisotopic (exact) mass is 427 g/mol. The highest BCUT2D eigenvalue weighted by Crippen LogP contribution is 2.32. The summed E-state index contributed by atoms with van der Waals surface area (Å²) in [5.41, 5.74) is 3.70. The Morgan fingerprint density at radius 2 is 1.93 bits per heavy atom. The molecule has 0 bridgehead atoms. The van der Waals surface area contributed by atoms with Crippen LogP contribution in [0.25, 0.3) is 16.9 Å². The Kier molecular flexibility index (Phi) is 4.94. The maximum atomic E-state index is 12.8. The van der Waals surface area contributed by atoms with E-state index in [-0.39, 0.29) is 4.90 Å². The first-order valence-electron chi connectivity index (χ1n) is 8.78. The maximum absolute atomic E-state index is 12.8. The highest BCUT2D eigenvalue weighted by Gasteiger charge is 2.18. The van der Waals surface area contributed by atoms with Crippen molar-refractivity contribution in [1.82, 2.24) is 9.38 Å². The lowest BCUT2D eigenvalue weighted by molar-refractivity contribution is 0.417. The summed E-state index contributed by atoms with van der Waals surface area (Å²) < 4.78 is 35.5. The van der Waals surface area contributed by atoms with Gasteiger partial charge in [-0.05, 0) is 55.0 Å². The van der Waals surface area contributed by atoms with E-state index >= 15 is 0 Å². The van der Waals surface area contributed by atoms with Crippen molar-refractivity contribution in [2.75, 3.05) is 11.8 Å². The highest BCUT2D eigenvalue weighted by atomic mass is 35.5. The summed E-state index contributed by atoms with van der Waals surface area (Å²) in [6, 6.07) is 15.3. The van der Waals surface area contributed by atoms with Crippen molar-refractivity contribution in [1.29, 1.82) is 0 Å². The van der Waals surface area contributed by atoms with Gasteiger partial charge < -0.3 is 9.14 Å². The first-order chi connectivity index (χ1) is 13.9. The minimum Gasteiger partial charge on any atom is -0.495 e. The number of hydrogen-bond donors (Lipinski definition) is 1. The van der Waals surface area contributed by atoms with E-state index < -0.39 is 10.0 Å². The van der Waals surface area contributed by atoms with E-state index in [1.807, 2.05) is 41.9 Å². The molecule has 0 amide bonds. The molecule has 1 N–H and O–H groups in total. The molecule has 0 fully saturated rings. The topological polar surface area (TPSA) is 72.7 Å². The molecule has 0 aliphatic rings. The van der Waals surface area contributed by atoms with E-state index in [1.54, 1.807) is 24.3 Å². The van der Waals surface area contributed by atoms with Crippen molar-refractivity contribution in [2.24, 2.45) is 0 Å². The normalized spacial score (nSPS) is 11.6. The van der Waals surface area contributed by atoms with Gasteiger partial charge in [-0.3, -0.25) is 4.72 Å². The van der Waals surface area contributed by atoms with Crippen LogP contribution in [0, 0.1) is 6.92 Å². The van der Waals surface area contributed by atoms with Crippen molar-refractivity contribution in [2.45, 2.75) is 11.8 Å². The van der Waals surface area contributed by atoms with Crippen molar-refractivity contribution in [3.8, 4) is 17.0 Å². The average molecular weight is 428 g/mol. The Morgan fingerprint density at radius 3 is 2.66 bits per heavy atom. The SMILES string of the molecule is COc1ccc(-c2cn3cccc(C)c3n2)cc1NS(=O)(=O)c1cccc(Cl)c1. The second kappa shape index (κ2) is 7.42. The summed E-state index contributed by atoms with van der Waals surface area (Å²) in [5, 5.41) is 0.341. The van der Waals surface area contributed by atoms with E-state index in [4.69, 9.17) is 16.3 Å². The number of ether oxygens (including phenoxy) is 1. The van der Waals surface area contributed by atoms with Gasteiger partial charge in [-0.25, -0.2) is 13.4 Å². The van der Waals surface area contributed by atoms with Crippen LogP contribution in [-0.4, -0.2) is 24.9 Å². The van der Waals surface area contributed by atoms with Crippen molar-refractivity contribution in [3.05, 3.63) is 77.6 Å².